The predicted molar refractivity (Wildman–Crippen MR) is 71.5 cm³/mol. The Kier molecular flexibility index (Phi) is 3.95. The molecule has 0 aromatic carbocycles. The van der Waals surface area contributed by atoms with E-state index in [1.54, 1.807) is 4.90 Å². The van der Waals surface area contributed by atoms with Gasteiger partial charge in [0.05, 0.1) is 25.6 Å². The summed E-state index contributed by atoms with van der Waals surface area (Å²) in [6, 6.07) is 0. The van der Waals surface area contributed by atoms with Gasteiger partial charge in [-0.2, -0.15) is 0 Å². The van der Waals surface area contributed by atoms with Gasteiger partial charge in [-0.1, -0.05) is 0 Å². The van der Waals surface area contributed by atoms with Crippen molar-refractivity contribution in [3.05, 3.63) is 0 Å². The Morgan fingerprint density at radius 1 is 1.40 bits per heavy atom. The first-order chi connectivity index (χ1) is 9.19. The maximum absolute atomic E-state index is 11.9. The van der Waals surface area contributed by atoms with Gasteiger partial charge in [-0.15, -0.1) is 0 Å². The number of nitrogens with zero attached hydrogens (tertiary/aromatic N) is 1. The molecule has 2 heterocycles. The molecule has 1 spiro atoms. The van der Waals surface area contributed by atoms with Gasteiger partial charge in [-0.25, -0.2) is 4.79 Å². The number of hydrogen-bond donors (Lipinski definition) is 1. The van der Waals surface area contributed by atoms with Crippen LogP contribution in [0.4, 0.5) is 4.79 Å². The van der Waals surface area contributed by atoms with Crippen LogP contribution in [0.3, 0.4) is 0 Å². The summed E-state index contributed by atoms with van der Waals surface area (Å²) in [4.78, 5) is 24.2. The van der Waals surface area contributed by atoms with Crippen LogP contribution in [-0.2, 0) is 14.3 Å². The molecule has 1 N–H and O–H groups in total. The van der Waals surface area contributed by atoms with Crippen LogP contribution in [0.1, 0.15) is 46.5 Å². The Balaban J connectivity index is 1.84. The highest BCUT2D eigenvalue weighted by Crippen LogP contribution is 2.38. The number of carboxylic acids is 1. The molecule has 1 unspecified atom stereocenters. The van der Waals surface area contributed by atoms with Crippen molar-refractivity contribution in [2.45, 2.75) is 63.8 Å². The van der Waals surface area contributed by atoms with Crippen molar-refractivity contribution in [3.63, 3.8) is 0 Å². The van der Waals surface area contributed by atoms with E-state index < -0.39 is 11.6 Å². The summed E-state index contributed by atoms with van der Waals surface area (Å²) in [5, 5.41) is 8.83. The van der Waals surface area contributed by atoms with Gasteiger partial charge in [0.15, 0.2) is 0 Å². The standard InChI is InChI=1S/C14H23NO5/c1-13(2,3)20-12(18)15-8-14(9-15)6-4-5-10(19-14)7-11(16)17/h10H,4-9H2,1-3H3,(H,16,17). The van der Waals surface area contributed by atoms with Crippen molar-refractivity contribution in [2.75, 3.05) is 13.1 Å². The fraction of sp³-hybridized carbons (Fsp3) is 0.857. The minimum atomic E-state index is -0.838. The maximum Gasteiger partial charge on any atom is 0.410 e. The second-order valence-electron chi connectivity index (χ2n) is 6.75. The number of carbonyl (C=O) groups excluding carboxylic acids is 1. The summed E-state index contributed by atoms with van der Waals surface area (Å²) in [6.07, 6.45) is 2.08. The smallest absolute Gasteiger partial charge is 0.410 e. The molecule has 0 aliphatic carbocycles. The molecule has 6 nitrogen and oxygen atoms in total. The Morgan fingerprint density at radius 2 is 2.05 bits per heavy atom. The second kappa shape index (κ2) is 5.24. The Labute approximate surface area is 119 Å². The number of amides is 1. The van der Waals surface area contributed by atoms with Gasteiger partial charge < -0.3 is 19.5 Å². The van der Waals surface area contributed by atoms with Crippen molar-refractivity contribution in [1.29, 1.82) is 0 Å². The lowest BCUT2D eigenvalue weighted by molar-refractivity contribution is -0.197. The van der Waals surface area contributed by atoms with Crippen LogP contribution in [0.25, 0.3) is 0 Å². The molecule has 2 rings (SSSR count). The minimum Gasteiger partial charge on any atom is -0.481 e. The lowest BCUT2D eigenvalue weighted by Crippen LogP contribution is -2.67. The van der Waals surface area contributed by atoms with Crippen LogP contribution in [0, 0.1) is 0 Å². The molecule has 6 heteroatoms. The number of carboxylic acid groups (broad SMARTS) is 1. The van der Waals surface area contributed by atoms with E-state index in [2.05, 4.69) is 0 Å². The molecule has 2 fully saturated rings. The van der Waals surface area contributed by atoms with E-state index in [1.807, 2.05) is 20.8 Å². The van der Waals surface area contributed by atoms with E-state index in [4.69, 9.17) is 14.6 Å². The van der Waals surface area contributed by atoms with Crippen molar-refractivity contribution in [2.24, 2.45) is 0 Å². The number of hydrogen-bond acceptors (Lipinski definition) is 4. The third-order valence-corrected chi connectivity index (χ3v) is 3.59. The zero-order valence-corrected chi connectivity index (χ0v) is 12.3. The van der Waals surface area contributed by atoms with E-state index >= 15 is 0 Å². The number of rotatable bonds is 2. The van der Waals surface area contributed by atoms with Crippen LogP contribution < -0.4 is 0 Å². The summed E-state index contributed by atoms with van der Waals surface area (Å²) < 4.78 is 11.2. The Bertz CT molecular complexity index is 395. The molecule has 0 bridgehead atoms. The van der Waals surface area contributed by atoms with Gasteiger partial charge in [0.1, 0.15) is 11.2 Å². The lowest BCUT2D eigenvalue weighted by atomic mass is 9.84. The first-order valence-corrected chi connectivity index (χ1v) is 7.07. The van der Waals surface area contributed by atoms with Crippen LogP contribution in [-0.4, -0.2) is 52.5 Å². The largest absolute Gasteiger partial charge is 0.481 e. The topological polar surface area (TPSA) is 76.1 Å². The molecule has 0 saturated carbocycles. The highest BCUT2D eigenvalue weighted by Gasteiger charge is 2.50. The minimum absolute atomic E-state index is 0.0359. The van der Waals surface area contributed by atoms with E-state index in [-0.39, 0.29) is 24.2 Å². The predicted octanol–water partition coefficient (Wildman–Crippen LogP) is 2.02. The maximum atomic E-state index is 11.9. The average molecular weight is 285 g/mol. The SMILES string of the molecule is CC(C)(C)OC(=O)N1CC2(CCCC(CC(=O)O)O2)C1. The van der Waals surface area contributed by atoms with E-state index in [1.165, 1.54) is 0 Å². The number of likely N-dealkylation sites (tertiary alicyclic amines) is 1. The molecule has 1 atom stereocenters. The Hall–Kier alpha value is -1.30. The third-order valence-electron chi connectivity index (χ3n) is 3.59. The van der Waals surface area contributed by atoms with Crippen LogP contribution in [0.15, 0.2) is 0 Å². The van der Waals surface area contributed by atoms with Crippen LogP contribution in [0.2, 0.25) is 0 Å². The van der Waals surface area contributed by atoms with Gasteiger partial charge in [0, 0.05) is 0 Å². The van der Waals surface area contributed by atoms with Crippen molar-refractivity contribution in [1.82, 2.24) is 4.90 Å². The monoisotopic (exact) mass is 285 g/mol. The summed E-state index contributed by atoms with van der Waals surface area (Å²) in [7, 11) is 0. The van der Waals surface area contributed by atoms with Gasteiger partial charge in [0.25, 0.3) is 0 Å². The number of aliphatic carboxylic acids is 1. The van der Waals surface area contributed by atoms with Gasteiger partial charge in [0.2, 0.25) is 0 Å². The molecule has 114 valence electrons. The fourth-order valence-corrected chi connectivity index (χ4v) is 2.80. The molecule has 20 heavy (non-hydrogen) atoms. The van der Waals surface area contributed by atoms with Crippen LogP contribution in [0.5, 0.6) is 0 Å². The van der Waals surface area contributed by atoms with E-state index in [9.17, 15) is 9.59 Å². The highest BCUT2D eigenvalue weighted by molar-refractivity contribution is 5.70. The number of ether oxygens (including phenoxy) is 2. The van der Waals surface area contributed by atoms with Gasteiger partial charge in [-0.05, 0) is 40.0 Å². The quantitative estimate of drug-likeness (QED) is 0.840. The summed E-state index contributed by atoms with van der Waals surface area (Å²) in [5.41, 5.74) is -0.853. The first kappa shape index (κ1) is 15.1. The summed E-state index contributed by atoms with van der Waals surface area (Å²) in [5.74, 6) is -0.838. The average Bonchev–Trinajstić information content (AvgIpc) is 2.22. The molecular formula is C14H23NO5. The molecule has 2 aliphatic heterocycles. The molecule has 1 amide bonds. The summed E-state index contributed by atoms with van der Waals surface area (Å²) in [6.45, 7) is 6.50. The molecular weight excluding hydrogens is 262 g/mol. The highest BCUT2D eigenvalue weighted by atomic mass is 16.6. The van der Waals surface area contributed by atoms with Gasteiger partial charge in [-0.3, -0.25) is 4.79 Å². The zero-order valence-electron chi connectivity index (χ0n) is 12.3. The number of carbonyl (C=O) groups is 2. The molecule has 2 saturated heterocycles. The van der Waals surface area contributed by atoms with Gasteiger partial charge >= 0.3 is 12.1 Å². The van der Waals surface area contributed by atoms with E-state index in [0.717, 1.165) is 19.3 Å². The third kappa shape index (κ3) is 3.62. The lowest BCUT2D eigenvalue weighted by Gasteiger charge is -2.53. The first-order valence-electron chi connectivity index (χ1n) is 7.07. The van der Waals surface area contributed by atoms with Crippen molar-refractivity contribution < 1.29 is 24.2 Å². The van der Waals surface area contributed by atoms with Crippen molar-refractivity contribution in [3.8, 4) is 0 Å². The summed E-state index contributed by atoms with van der Waals surface area (Å²) >= 11 is 0. The van der Waals surface area contributed by atoms with Crippen molar-refractivity contribution >= 4 is 12.1 Å². The molecule has 2 aliphatic rings. The van der Waals surface area contributed by atoms with E-state index in [0.29, 0.717) is 13.1 Å². The molecule has 0 aromatic heterocycles. The van der Waals surface area contributed by atoms with Crippen LogP contribution >= 0.6 is 0 Å². The zero-order chi connectivity index (χ0) is 15.0. The fourth-order valence-electron chi connectivity index (χ4n) is 2.80. The molecule has 0 aromatic rings. The Morgan fingerprint density at radius 3 is 2.60 bits per heavy atom. The molecule has 0 radical (unpaired) electrons. The normalized spacial score (nSPS) is 25.1. The second-order valence-corrected chi connectivity index (χ2v) is 6.75.